The van der Waals surface area contributed by atoms with Crippen molar-refractivity contribution >= 4 is 21.7 Å². The molecule has 3 N–H and O–H groups in total. The lowest BCUT2D eigenvalue weighted by atomic mass is 9.87. The summed E-state index contributed by atoms with van der Waals surface area (Å²) in [6.45, 7) is 1.80. The van der Waals surface area contributed by atoms with Crippen molar-refractivity contribution in [3.63, 3.8) is 0 Å². The van der Waals surface area contributed by atoms with E-state index >= 15 is 0 Å². The number of anilines is 2. The van der Waals surface area contributed by atoms with Crippen molar-refractivity contribution in [1.82, 2.24) is 20.3 Å². The van der Waals surface area contributed by atoms with Gasteiger partial charge in [-0.3, -0.25) is 4.72 Å². The number of halogens is 2. The van der Waals surface area contributed by atoms with Gasteiger partial charge in [0.2, 0.25) is 27.7 Å². The van der Waals surface area contributed by atoms with Crippen LogP contribution in [0.4, 0.5) is 20.4 Å². The molecule has 5 rings (SSSR count). The molecule has 1 saturated heterocycles. The van der Waals surface area contributed by atoms with Crippen LogP contribution >= 0.6 is 0 Å². The molecule has 9 nitrogen and oxygen atoms in total. The fourth-order valence-electron chi connectivity index (χ4n) is 4.38. The van der Waals surface area contributed by atoms with E-state index in [0.29, 0.717) is 17.2 Å². The first kappa shape index (κ1) is 25.3. The molecule has 3 heterocycles. The monoisotopic (exact) mass is 530 g/mol. The molecule has 1 aliphatic carbocycles. The van der Waals surface area contributed by atoms with Crippen LogP contribution in [0.15, 0.2) is 42.7 Å². The van der Waals surface area contributed by atoms with E-state index in [9.17, 15) is 17.2 Å². The average molecular weight is 531 g/mol. The summed E-state index contributed by atoms with van der Waals surface area (Å²) in [6, 6.07) is 7.56. The third kappa shape index (κ3) is 6.13. The Morgan fingerprint density at radius 1 is 1.03 bits per heavy atom. The van der Waals surface area contributed by atoms with Crippen LogP contribution < -0.4 is 20.1 Å². The van der Waals surface area contributed by atoms with Gasteiger partial charge in [-0.25, -0.2) is 27.8 Å². The number of aromatic nitrogens is 3. The molecule has 196 valence electrons. The maximum atomic E-state index is 14.9. The van der Waals surface area contributed by atoms with E-state index in [0.717, 1.165) is 51.3 Å². The molecule has 12 heteroatoms. The van der Waals surface area contributed by atoms with Crippen LogP contribution in [0, 0.1) is 17.6 Å². The predicted molar refractivity (Wildman–Crippen MR) is 136 cm³/mol. The van der Waals surface area contributed by atoms with Crippen molar-refractivity contribution in [3.05, 3.63) is 54.4 Å². The lowest BCUT2D eigenvalue weighted by Gasteiger charge is -2.25. The first-order valence-electron chi connectivity index (χ1n) is 12.3. The van der Waals surface area contributed by atoms with E-state index < -0.39 is 33.1 Å². The van der Waals surface area contributed by atoms with Crippen molar-refractivity contribution in [2.24, 2.45) is 5.92 Å². The molecule has 2 aromatic heterocycles. The second kappa shape index (κ2) is 10.9. The quantitative estimate of drug-likeness (QED) is 0.375. The molecule has 37 heavy (non-hydrogen) atoms. The number of rotatable bonds is 9. The predicted octanol–water partition coefficient (Wildman–Crippen LogP) is 4.31. The van der Waals surface area contributed by atoms with Gasteiger partial charge in [0.25, 0.3) is 0 Å². The van der Waals surface area contributed by atoms with Gasteiger partial charge in [0.05, 0.1) is 22.7 Å². The lowest BCUT2D eigenvalue weighted by Crippen LogP contribution is -2.38. The Bertz CT molecular complexity index is 1360. The molecule has 2 fully saturated rings. The molecular formula is C25H28F2N6O3S. The Morgan fingerprint density at radius 2 is 1.89 bits per heavy atom. The van der Waals surface area contributed by atoms with Crippen LogP contribution in [-0.4, -0.2) is 48.3 Å². The van der Waals surface area contributed by atoms with Gasteiger partial charge in [0, 0.05) is 25.0 Å². The normalized spacial score (nSPS) is 18.2. The van der Waals surface area contributed by atoms with E-state index in [-0.39, 0.29) is 23.6 Å². The summed E-state index contributed by atoms with van der Waals surface area (Å²) >= 11 is 0. The van der Waals surface area contributed by atoms with Gasteiger partial charge in [-0.05, 0) is 68.5 Å². The summed E-state index contributed by atoms with van der Waals surface area (Å²) in [5.74, 6) is -2.71. The maximum Gasteiger partial charge on any atom is 0.233 e. The number of ether oxygens (including phenoxy) is 1. The molecular weight excluding hydrogens is 502 g/mol. The summed E-state index contributed by atoms with van der Waals surface area (Å²) in [6.07, 6.45) is 7.74. The van der Waals surface area contributed by atoms with Crippen LogP contribution in [0.25, 0.3) is 11.3 Å². The molecule has 1 atom stereocenters. The number of sulfonamides is 1. The number of benzene rings is 1. The Hall–Kier alpha value is -3.38. The zero-order chi connectivity index (χ0) is 25.8. The van der Waals surface area contributed by atoms with E-state index in [2.05, 4.69) is 30.3 Å². The van der Waals surface area contributed by atoms with Crippen LogP contribution in [0.5, 0.6) is 11.6 Å². The number of nitrogens with zero attached hydrogens (tertiary/aromatic N) is 3. The van der Waals surface area contributed by atoms with Gasteiger partial charge < -0.3 is 15.4 Å². The van der Waals surface area contributed by atoms with Crippen molar-refractivity contribution in [2.45, 2.75) is 38.1 Å². The number of pyridine rings is 1. The second-order valence-corrected chi connectivity index (χ2v) is 11.1. The van der Waals surface area contributed by atoms with Crippen LogP contribution in [0.3, 0.4) is 0 Å². The van der Waals surface area contributed by atoms with E-state index in [1.54, 1.807) is 24.4 Å². The maximum absolute atomic E-state index is 14.9. The summed E-state index contributed by atoms with van der Waals surface area (Å²) in [4.78, 5) is 13.0. The average Bonchev–Trinajstić information content (AvgIpc) is 2.87. The lowest BCUT2D eigenvalue weighted by molar-refractivity contribution is 0.347. The highest BCUT2D eigenvalue weighted by molar-refractivity contribution is 7.92. The molecule has 2 aliphatic rings. The first-order valence-corrected chi connectivity index (χ1v) is 14.0. The smallest absolute Gasteiger partial charge is 0.233 e. The number of hydrogen-bond donors (Lipinski definition) is 3. The van der Waals surface area contributed by atoms with Crippen LogP contribution in [-0.2, 0) is 10.0 Å². The molecule has 3 aromatic rings. The highest BCUT2D eigenvalue weighted by Gasteiger charge is 2.26. The van der Waals surface area contributed by atoms with Gasteiger partial charge in [0.15, 0.2) is 11.6 Å². The van der Waals surface area contributed by atoms with Gasteiger partial charge >= 0.3 is 0 Å². The minimum atomic E-state index is -3.80. The van der Waals surface area contributed by atoms with Crippen LogP contribution in [0.2, 0.25) is 0 Å². The molecule has 1 unspecified atom stereocenters. The first-order chi connectivity index (χ1) is 17.9. The van der Waals surface area contributed by atoms with Gasteiger partial charge in [-0.1, -0.05) is 6.42 Å². The highest BCUT2D eigenvalue weighted by Crippen LogP contribution is 2.35. The summed E-state index contributed by atoms with van der Waals surface area (Å²) in [7, 11) is -3.80. The molecule has 0 amide bonds. The molecule has 1 aromatic carbocycles. The minimum absolute atomic E-state index is 0.0168. The van der Waals surface area contributed by atoms with Crippen molar-refractivity contribution in [2.75, 3.05) is 28.9 Å². The Balaban J connectivity index is 1.35. The van der Waals surface area contributed by atoms with Crippen LogP contribution in [0.1, 0.15) is 32.1 Å². The molecule has 0 radical (unpaired) electrons. The fourth-order valence-corrected chi connectivity index (χ4v) is 5.91. The largest absolute Gasteiger partial charge is 0.435 e. The molecule has 1 aliphatic heterocycles. The minimum Gasteiger partial charge on any atom is -0.435 e. The molecule has 0 spiro atoms. The fraction of sp³-hybridized carbons (Fsp3) is 0.400. The highest BCUT2D eigenvalue weighted by atomic mass is 32.2. The Morgan fingerprint density at radius 3 is 2.65 bits per heavy atom. The van der Waals surface area contributed by atoms with Gasteiger partial charge in [-0.2, -0.15) is 4.39 Å². The Kier molecular flexibility index (Phi) is 7.47. The van der Waals surface area contributed by atoms with Crippen molar-refractivity contribution in [1.29, 1.82) is 0 Å². The standard InChI is InChI=1S/C25H28F2N6O3S/c26-22-20(33-37(34,35)15-16-4-1-5-16)8-9-21(23(22)27)36-24-18(7-3-12-29-24)19-10-13-30-25(32-19)31-17-6-2-11-28-14-17/h3,7-10,12-13,16-17,28,33H,1-2,4-6,11,14-15H2,(H,30,31,32). The second-order valence-electron chi connectivity index (χ2n) is 9.33. The SMILES string of the molecule is O=S(=O)(CC1CCC1)Nc1ccc(Oc2ncccc2-c2ccnc(NC3CCCNC3)n2)c(F)c1F. The zero-order valence-electron chi connectivity index (χ0n) is 20.1. The van der Waals surface area contributed by atoms with Crippen molar-refractivity contribution < 1.29 is 21.9 Å². The summed E-state index contributed by atoms with van der Waals surface area (Å²) < 4.78 is 62.2. The Labute approximate surface area is 214 Å². The number of nitrogens with one attached hydrogen (secondary N) is 3. The van der Waals surface area contributed by atoms with E-state index in [1.165, 1.54) is 12.3 Å². The van der Waals surface area contributed by atoms with E-state index in [4.69, 9.17) is 4.74 Å². The third-order valence-electron chi connectivity index (χ3n) is 6.53. The zero-order valence-corrected chi connectivity index (χ0v) is 20.9. The molecule has 0 bridgehead atoms. The van der Waals surface area contributed by atoms with Crippen molar-refractivity contribution in [3.8, 4) is 22.9 Å². The third-order valence-corrected chi connectivity index (χ3v) is 7.97. The number of piperidine rings is 1. The summed E-state index contributed by atoms with van der Waals surface area (Å²) in [5, 5.41) is 6.63. The summed E-state index contributed by atoms with van der Waals surface area (Å²) in [5.41, 5.74) is 0.486. The van der Waals surface area contributed by atoms with Gasteiger partial charge in [0.1, 0.15) is 0 Å². The number of hydrogen-bond acceptors (Lipinski definition) is 8. The van der Waals surface area contributed by atoms with E-state index in [1.807, 2.05) is 0 Å². The molecule has 1 saturated carbocycles. The van der Waals surface area contributed by atoms with Gasteiger partial charge in [-0.15, -0.1) is 0 Å². The topological polar surface area (TPSA) is 118 Å².